The fraction of sp³-hybridized carbons (Fsp3) is 0.240. The van der Waals surface area contributed by atoms with Gasteiger partial charge in [0.05, 0.1) is 18.0 Å². The van der Waals surface area contributed by atoms with Crippen LogP contribution in [0.3, 0.4) is 0 Å². The summed E-state index contributed by atoms with van der Waals surface area (Å²) in [6, 6.07) is 6.51. The molecule has 2 amide bonds. The number of carbonyl (C=O) groups excluding carboxylic acids is 1. The molecule has 0 aliphatic carbocycles. The molecule has 0 radical (unpaired) electrons. The van der Waals surface area contributed by atoms with Crippen molar-refractivity contribution in [2.75, 3.05) is 23.7 Å². The lowest BCUT2D eigenvalue weighted by Gasteiger charge is -2.22. The lowest BCUT2D eigenvalue weighted by Crippen LogP contribution is -2.32. The van der Waals surface area contributed by atoms with Crippen LogP contribution in [-0.4, -0.2) is 38.6 Å². The average Bonchev–Trinajstić information content (AvgIpc) is 3.32. The van der Waals surface area contributed by atoms with Gasteiger partial charge in [-0.25, -0.2) is 27.9 Å². The van der Waals surface area contributed by atoms with E-state index in [0.29, 0.717) is 28.1 Å². The number of likely N-dealkylation sites (N-methyl/N-ethyl adjacent to an activating group) is 1. The van der Waals surface area contributed by atoms with Gasteiger partial charge in [0.15, 0.2) is 0 Å². The number of nitrogens with two attached hydrogens (primary N) is 1. The van der Waals surface area contributed by atoms with E-state index in [4.69, 9.17) is 5.73 Å². The van der Waals surface area contributed by atoms with Crippen LogP contribution in [0.1, 0.15) is 24.4 Å². The summed E-state index contributed by atoms with van der Waals surface area (Å²) in [7, 11) is 1.79. The number of nitrogen functional groups attached to an aromatic ring is 1. The first-order valence-corrected chi connectivity index (χ1v) is 11.1. The lowest BCUT2D eigenvalue weighted by atomic mass is 10.0. The monoisotopic (exact) mass is 480 g/mol. The molecule has 2 aromatic heterocycles. The number of carbonyl (C=O) groups is 1. The topological polar surface area (TPSA) is 80.3 Å². The Morgan fingerprint density at radius 3 is 2.54 bits per heavy atom. The number of benzene rings is 2. The SMILES string of the molecule is CCN1C(=O)N(c2ccc(-c3cn(C)c4nc(C)nc(N)c34)c(F)c2)CC1c1cc(F)ccc1F. The van der Waals surface area contributed by atoms with E-state index in [-0.39, 0.29) is 30.0 Å². The van der Waals surface area contributed by atoms with Crippen molar-refractivity contribution in [1.82, 2.24) is 19.4 Å². The Labute approximate surface area is 199 Å². The summed E-state index contributed by atoms with van der Waals surface area (Å²) >= 11 is 0. The minimum Gasteiger partial charge on any atom is -0.383 e. The van der Waals surface area contributed by atoms with Gasteiger partial charge < -0.3 is 15.2 Å². The van der Waals surface area contributed by atoms with Crippen molar-refractivity contribution in [3.63, 3.8) is 0 Å². The molecule has 0 saturated carbocycles. The third kappa shape index (κ3) is 3.65. The zero-order valence-corrected chi connectivity index (χ0v) is 19.4. The molecular weight excluding hydrogens is 457 g/mol. The number of fused-ring (bicyclic) bond motifs is 1. The summed E-state index contributed by atoms with van der Waals surface area (Å²) in [5.74, 6) is -0.994. The Kier molecular flexibility index (Phi) is 5.38. The first-order valence-electron chi connectivity index (χ1n) is 11.1. The highest BCUT2D eigenvalue weighted by molar-refractivity contribution is 6.01. The number of hydrogen-bond donors (Lipinski definition) is 1. The molecule has 2 aromatic carbocycles. The summed E-state index contributed by atoms with van der Waals surface area (Å²) in [5, 5.41) is 0.542. The lowest BCUT2D eigenvalue weighted by molar-refractivity contribution is 0.208. The number of halogens is 3. The van der Waals surface area contributed by atoms with Crippen molar-refractivity contribution < 1.29 is 18.0 Å². The molecule has 5 rings (SSSR count). The van der Waals surface area contributed by atoms with Crippen LogP contribution in [0.4, 0.5) is 29.5 Å². The zero-order valence-electron chi connectivity index (χ0n) is 19.4. The highest BCUT2D eigenvalue weighted by atomic mass is 19.1. The van der Waals surface area contributed by atoms with E-state index in [1.54, 1.807) is 43.8 Å². The molecule has 2 N–H and O–H groups in total. The van der Waals surface area contributed by atoms with Gasteiger partial charge in [0.1, 0.15) is 34.7 Å². The third-order valence-corrected chi connectivity index (χ3v) is 6.38. The molecule has 7 nitrogen and oxygen atoms in total. The molecule has 1 fully saturated rings. The maximum absolute atomic E-state index is 15.4. The molecule has 1 atom stereocenters. The van der Waals surface area contributed by atoms with Crippen LogP contribution in [0.5, 0.6) is 0 Å². The fourth-order valence-corrected chi connectivity index (χ4v) is 4.75. The van der Waals surface area contributed by atoms with Crippen molar-refractivity contribution in [1.29, 1.82) is 0 Å². The van der Waals surface area contributed by atoms with Gasteiger partial charge in [0, 0.05) is 42.2 Å². The number of aromatic nitrogens is 3. The highest BCUT2D eigenvalue weighted by Crippen LogP contribution is 2.38. The average molecular weight is 480 g/mol. The van der Waals surface area contributed by atoms with Gasteiger partial charge in [0.25, 0.3) is 0 Å². The van der Waals surface area contributed by atoms with E-state index in [0.717, 1.165) is 18.2 Å². The Morgan fingerprint density at radius 1 is 1.06 bits per heavy atom. The van der Waals surface area contributed by atoms with Crippen LogP contribution < -0.4 is 10.6 Å². The summed E-state index contributed by atoms with van der Waals surface area (Å²) in [6.45, 7) is 3.82. The number of amides is 2. The normalized spacial score (nSPS) is 16.1. The van der Waals surface area contributed by atoms with Gasteiger partial charge in [-0.3, -0.25) is 4.90 Å². The molecule has 1 saturated heterocycles. The van der Waals surface area contributed by atoms with E-state index < -0.39 is 29.5 Å². The summed E-state index contributed by atoms with van der Waals surface area (Å²) in [4.78, 5) is 24.5. The van der Waals surface area contributed by atoms with Crippen molar-refractivity contribution >= 4 is 28.6 Å². The van der Waals surface area contributed by atoms with E-state index in [1.165, 1.54) is 15.9 Å². The van der Waals surface area contributed by atoms with Crippen LogP contribution >= 0.6 is 0 Å². The Bertz CT molecular complexity index is 1480. The predicted octanol–water partition coefficient (Wildman–Crippen LogP) is 4.95. The van der Waals surface area contributed by atoms with E-state index in [9.17, 15) is 13.6 Å². The summed E-state index contributed by atoms with van der Waals surface area (Å²) in [6.07, 6.45) is 1.73. The molecule has 0 bridgehead atoms. The Hall–Kier alpha value is -4.08. The van der Waals surface area contributed by atoms with Crippen molar-refractivity contribution in [2.45, 2.75) is 19.9 Å². The number of aryl methyl sites for hydroxylation is 2. The highest BCUT2D eigenvalue weighted by Gasteiger charge is 2.39. The second kappa shape index (κ2) is 8.30. The van der Waals surface area contributed by atoms with Crippen molar-refractivity contribution in [3.8, 4) is 11.1 Å². The van der Waals surface area contributed by atoms with Crippen LogP contribution in [0.25, 0.3) is 22.2 Å². The molecule has 0 spiro atoms. The number of hydrogen-bond acceptors (Lipinski definition) is 4. The van der Waals surface area contributed by atoms with Gasteiger partial charge >= 0.3 is 6.03 Å². The maximum atomic E-state index is 15.4. The second-order valence-electron chi connectivity index (χ2n) is 8.53. The van der Waals surface area contributed by atoms with Gasteiger partial charge in [-0.2, -0.15) is 0 Å². The first kappa shape index (κ1) is 22.7. The zero-order chi connectivity index (χ0) is 25.0. The maximum Gasteiger partial charge on any atom is 0.325 e. The van der Waals surface area contributed by atoms with Crippen LogP contribution in [0.15, 0.2) is 42.6 Å². The van der Waals surface area contributed by atoms with Crippen molar-refractivity contribution in [3.05, 3.63) is 71.4 Å². The Balaban J connectivity index is 1.53. The molecule has 3 heterocycles. The standard InChI is InChI=1S/C25H23F3N6O/c1-4-33-21(17-9-14(26)5-8-19(17)27)12-34(25(33)35)15-6-7-16(20(28)10-15)18-11-32(3)24-22(18)23(29)30-13(2)31-24/h5-11,21H,4,12H2,1-3H3,(H2,29,30,31). The van der Waals surface area contributed by atoms with Gasteiger partial charge in [-0.05, 0) is 50.2 Å². The smallest absolute Gasteiger partial charge is 0.325 e. The molecule has 35 heavy (non-hydrogen) atoms. The van der Waals surface area contributed by atoms with E-state index >= 15 is 4.39 Å². The predicted molar refractivity (Wildman–Crippen MR) is 127 cm³/mol. The third-order valence-electron chi connectivity index (χ3n) is 6.38. The fourth-order valence-electron chi connectivity index (χ4n) is 4.75. The van der Waals surface area contributed by atoms with Gasteiger partial charge in [-0.15, -0.1) is 0 Å². The number of rotatable bonds is 4. The van der Waals surface area contributed by atoms with Crippen LogP contribution in [0.2, 0.25) is 0 Å². The summed E-state index contributed by atoms with van der Waals surface area (Å²) < 4.78 is 45.5. The molecule has 1 aliphatic rings. The molecule has 180 valence electrons. The van der Waals surface area contributed by atoms with Crippen LogP contribution in [-0.2, 0) is 7.05 Å². The molecule has 1 unspecified atom stereocenters. The minimum atomic E-state index is -0.704. The van der Waals surface area contributed by atoms with E-state index in [2.05, 4.69) is 9.97 Å². The van der Waals surface area contributed by atoms with Gasteiger partial charge in [0.2, 0.25) is 0 Å². The first-order chi connectivity index (χ1) is 16.7. The largest absolute Gasteiger partial charge is 0.383 e. The summed E-state index contributed by atoms with van der Waals surface area (Å²) in [5.41, 5.74) is 7.93. The molecule has 4 aromatic rings. The Morgan fingerprint density at radius 2 is 1.83 bits per heavy atom. The van der Waals surface area contributed by atoms with Crippen LogP contribution in [0, 0.1) is 24.4 Å². The second-order valence-corrected chi connectivity index (χ2v) is 8.53. The minimum absolute atomic E-state index is 0.0557. The molecule has 10 heteroatoms. The number of anilines is 2. The van der Waals surface area contributed by atoms with Crippen molar-refractivity contribution in [2.24, 2.45) is 7.05 Å². The molecule has 1 aliphatic heterocycles. The number of nitrogens with zero attached hydrogens (tertiary/aromatic N) is 5. The number of urea groups is 1. The molecular formula is C25H23F3N6O. The quantitative estimate of drug-likeness (QED) is 0.448. The van der Waals surface area contributed by atoms with E-state index in [1.807, 2.05) is 0 Å². The van der Waals surface area contributed by atoms with Gasteiger partial charge in [-0.1, -0.05) is 0 Å².